The van der Waals surface area contributed by atoms with Gasteiger partial charge in [0.15, 0.2) is 0 Å². The first-order chi connectivity index (χ1) is 14.8. The summed E-state index contributed by atoms with van der Waals surface area (Å²) in [6.07, 6.45) is 2.27. The van der Waals surface area contributed by atoms with Crippen molar-refractivity contribution >= 4 is 5.91 Å². The van der Waals surface area contributed by atoms with Gasteiger partial charge in [-0.05, 0) is 36.6 Å². The minimum Gasteiger partial charge on any atom is -0.491 e. The molecule has 0 aromatic heterocycles. The van der Waals surface area contributed by atoms with Crippen molar-refractivity contribution in [3.8, 4) is 5.75 Å². The Morgan fingerprint density at radius 1 is 1.10 bits per heavy atom. The quantitative estimate of drug-likeness (QED) is 0.725. The Bertz CT molecular complexity index is 802. The third-order valence-electron chi connectivity index (χ3n) is 5.68. The molecule has 0 saturated carbocycles. The number of carbonyl (C=O) groups is 1. The fourth-order valence-corrected chi connectivity index (χ4v) is 4.01. The van der Waals surface area contributed by atoms with Gasteiger partial charge in [-0.2, -0.15) is 0 Å². The lowest BCUT2D eigenvalue weighted by Gasteiger charge is -2.35. The zero-order valence-electron chi connectivity index (χ0n) is 17.3. The topological polar surface area (TPSA) is 60.0 Å². The van der Waals surface area contributed by atoms with E-state index in [1.807, 2.05) is 36.4 Å². The van der Waals surface area contributed by atoms with Gasteiger partial charge in [-0.3, -0.25) is 9.69 Å². The molecule has 1 N–H and O–H groups in total. The average Bonchev–Trinajstić information content (AvgIpc) is 3.33. The predicted molar refractivity (Wildman–Crippen MR) is 115 cm³/mol. The molecule has 0 spiro atoms. The van der Waals surface area contributed by atoms with Crippen LogP contribution in [0.5, 0.6) is 5.75 Å². The maximum Gasteiger partial charge on any atom is 0.251 e. The van der Waals surface area contributed by atoms with Crippen LogP contribution in [0.25, 0.3) is 0 Å². The van der Waals surface area contributed by atoms with Gasteiger partial charge in [0.2, 0.25) is 0 Å². The number of nitrogens with one attached hydrogen (secondary N) is 1. The van der Waals surface area contributed by atoms with Crippen molar-refractivity contribution in [1.29, 1.82) is 0 Å². The number of rotatable bonds is 8. The van der Waals surface area contributed by atoms with Crippen LogP contribution in [-0.4, -0.2) is 63.0 Å². The SMILES string of the molecule is O=C(NCC(c1ccccc1)N1CCOCC1)c1cccc(OCC2CCCO2)c1. The van der Waals surface area contributed by atoms with Crippen molar-refractivity contribution in [2.75, 3.05) is 46.1 Å². The summed E-state index contributed by atoms with van der Waals surface area (Å²) in [7, 11) is 0. The van der Waals surface area contributed by atoms with Crippen molar-refractivity contribution in [1.82, 2.24) is 10.2 Å². The minimum atomic E-state index is -0.0910. The first-order valence-electron chi connectivity index (χ1n) is 10.8. The summed E-state index contributed by atoms with van der Waals surface area (Å²) in [6, 6.07) is 17.8. The number of benzene rings is 2. The Morgan fingerprint density at radius 2 is 1.93 bits per heavy atom. The summed E-state index contributed by atoms with van der Waals surface area (Å²) in [4.78, 5) is 15.2. The molecule has 2 aliphatic heterocycles. The lowest BCUT2D eigenvalue weighted by molar-refractivity contribution is 0.0162. The fraction of sp³-hybridized carbons (Fsp3) is 0.458. The van der Waals surface area contributed by atoms with E-state index in [0.717, 1.165) is 45.8 Å². The molecule has 2 unspecified atom stereocenters. The molecule has 6 nitrogen and oxygen atoms in total. The highest BCUT2D eigenvalue weighted by Gasteiger charge is 2.23. The van der Waals surface area contributed by atoms with Gasteiger partial charge in [0.05, 0.1) is 25.4 Å². The summed E-state index contributed by atoms with van der Waals surface area (Å²) in [5.74, 6) is 0.609. The van der Waals surface area contributed by atoms with Gasteiger partial charge in [-0.25, -0.2) is 0 Å². The Kier molecular flexibility index (Phi) is 7.34. The number of morpholine rings is 1. The number of carbonyl (C=O) groups excluding carboxylic acids is 1. The Morgan fingerprint density at radius 3 is 2.70 bits per heavy atom. The molecular formula is C24H30N2O4. The lowest BCUT2D eigenvalue weighted by Crippen LogP contribution is -2.43. The molecule has 2 aromatic carbocycles. The molecule has 2 fully saturated rings. The fourth-order valence-electron chi connectivity index (χ4n) is 4.01. The molecule has 4 rings (SSSR count). The molecular weight excluding hydrogens is 380 g/mol. The van der Waals surface area contributed by atoms with Gasteiger partial charge in [0.25, 0.3) is 5.91 Å². The van der Waals surface area contributed by atoms with Crippen LogP contribution in [0.4, 0.5) is 0 Å². The van der Waals surface area contributed by atoms with E-state index in [9.17, 15) is 4.79 Å². The maximum atomic E-state index is 12.8. The van der Waals surface area contributed by atoms with Gasteiger partial charge in [-0.1, -0.05) is 36.4 Å². The first-order valence-corrected chi connectivity index (χ1v) is 10.8. The second-order valence-electron chi connectivity index (χ2n) is 7.76. The molecule has 160 valence electrons. The minimum absolute atomic E-state index is 0.0910. The van der Waals surface area contributed by atoms with Crippen LogP contribution in [-0.2, 0) is 9.47 Å². The highest BCUT2D eigenvalue weighted by atomic mass is 16.5. The highest BCUT2D eigenvalue weighted by Crippen LogP contribution is 2.22. The van der Waals surface area contributed by atoms with Crippen LogP contribution < -0.4 is 10.1 Å². The van der Waals surface area contributed by atoms with Crippen molar-refractivity contribution in [3.63, 3.8) is 0 Å². The van der Waals surface area contributed by atoms with Gasteiger partial charge in [0.1, 0.15) is 12.4 Å². The van der Waals surface area contributed by atoms with E-state index in [1.54, 1.807) is 6.07 Å². The third kappa shape index (κ3) is 5.59. The van der Waals surface area contributed by atoms with Gasteiger partial charge in [-0.15, -0.1) is 0 Å². The summed E-state index contributed by atoms with van der Waals surface area (Å²) < 4.78 is 16.9. The van der Waals surface area contributed by atoms with Crippen molar-refractivity contribution < 1.29 is 19.0 Å². The van der Waals surface area contributed by atoms with E-state index in [4.69, 9.17) is 14.2 Å². The summed E-state index contributed by atoms with van der Waals surface area (Å²) in [5, 5.41) is 3.12. The lowest BCUT2D eigenvalue weighted by atomic mass is 10.0. The van der Waals surface area contributed by atoms with Crippen LogP contribution in [0.15, 0.2) is 54.6 Å². The number of hydrogen-bond acceptors (Lipinski definition) is 5. The molecule has 2 heterocycles. The summed E-state index contributed by atoms with van der Waals surface area (Å²) >= 11 is 0. The molecule has 30 heavy (non-hydrogen) atoms. The van der Waals surface area contributed by atoms with E-state index < -0.39 is 0 Å². The van der Waals surface area contributed by atoms with Crippen LogP contribution in [0.2, 0.25) is 0 Å². The maximum absolute atomic E-state index is 12.8. The van der Waals surface area contributed by atoms with E-state index >= 15 is 0 Å². The Hall–Kier alpha value is -2.41. The van der Waals surface area contributed by atoms with E-state index in [2.05, 4.69) is 22.3 Å². The zero-order chi connectivity index (χ0) is 20.6. The van der Waals surface area contributed by atoms with E-state index in [-0.39, 0.29) is 18.1 Å². The number of nitrogens with zero attached hydrogens (tertiary/aromatic N) is 1. The zero-order valence-corrected chi connectivity index (χ0v) is 17.3. The molecule has 2 aromatic rings. The molecule has 6 heteroatoms. The summed E-state index contributed by atoms with van der Waals surface area (Å²) in [5.41, 5.74) is 1.81. The molecule has 2 saturated heterocycles. The molecule has 2 aliphatic rings. The standard InChI is InChI=1S/C24H30N2O4/c27-24(20-8-4-9-21(16-20)30-18-22-10-5-13-29-22)25-17-23(19-6-2-1-3-7-19)26-11-14-28-15-12-26/h1-4,6-9,16,22-23H,5,10-15,17-18H2,(H,25,27). The van der Waals surface area contributed by atoms with Crippen LogP contribution in [0.1, 0.15) is 34.8 Å². The number of ether oxygens (including phenoxy) is 3. The molecule has 0 aliphatic carbocycles. The van der Waals surface area contributed by atoms with Gasteiger partial charge < -0.3 is 19.5 Å². The normalized spacial score (nSPS) is 20.6. The van der Waals surface area contributed by atoms with Gasteiger partial charge in [0, 0.05) is 31.8 Å². The van der Waals surface area contributed by atoms with Crippen LogP contribution in [0.3, 0.4) is 0 Å². The van der Waals surface area contributed by atoms with Crippen LogP contribution in [0, 0.1) is 0 Å². The average molecular weight is 411 g/mol. The first kappa shape index (κ1) is 20.8. The Balaban J connectivity index is 1.37. The second-order valence-corrected chi connectivity index (χ2v) is 7.76. The highest BCUT2D eigenvalue weighted by molar-refractivity contribution is 5.94. The number of hydrogen-bond donors (Lipinski definition) is 1. The molecule has 2 atom stereocenters. The largest absolute Gasteiger partial charge is 0.491 e. The van der Waals surface area contributed by atoms with E-state index in [0.29, 0.717) is 24.5 Å². The van der Waals surface area contributed by atoms with E-state index in [1.165, 1.54) is 5.56 Å². The smallest absolute Gasteiger partial charge is 0.251 e. The van der Waals surface area contributed by atoms with Crippen molar-refractivity contribution in [2.45, 2.75) is 25.0 Å². The predicted octanol–water partition coefficient (Wildman–Crippen LogP) is 3.05. The summed E-state index contributed by atoms with van der Waals surface area (Å²) in [6.45, 7) is 5.05. The molecule has 0 bridgehead atoms. The molecule has 0 radical (unpaired) electrons. The van der Waals surface area contributed by atoms with Crippen LogP contribution >= 0.6 is 0 Å². The van der Waals surface area contributed by atoms with Crippen molar-refractivity contribution in [2.24, 2.45) is 0 Å². The third-order valence-corrected chi connectivity index (χ3v) is 5.68. The van der Waals surface area contributed by atoms with Gasteiger partial charge >= 0.3 is 0 Å². The molecule has 1 amide bonds. The monoisotopic (exact) mass is 410 g/mol. The van der Waals surface area contributed by atoms with Crippen molar-refractivity contribution in [3.05, 3.63) is 65.7 Å². The second kappa shape index (κ2) is 10.6. The number of amides is 1. The Labute approximate surface area is 178 Å².